The Balaban J connectivity index is 1.31. The Morgan fingerprint density at radius 2 is 1.97 bits per heavy atom. The summed E-state index contributed by atoms with van der Waals surface area (Å²) in [5, 5.41) is 5.26. The Labute approximate surface area is 213 Å². The fraction of sp³-hybridized carbons (Fsp3) is 0.333. The quantitative estimate of drug-likeness (QED) is 0.202. The number of para-hydroxylation sites is 1. The van der Waals surface area contributed by atoms with E-state index in [0.717, 1.165) is 59.3 Å². The van der Waals surface area contributed by atoms with E-state index in [9.17, 15) is 4.79 Å². The number of thiazole rings is 1. The zero-order valence-electron chi connectivity index (χ0n) is 19.6. The maximum atomic E-state index is 12.9. The molecule has 7 heteroatoms. The van der Waals surface area contributed by atoms with Gasteiger partial charge in [0.05, 0.1) is 10.2 Å². The molecule has 1 aliphatic heterocycles. The number of hydrogen-bond donors (Lipinski definition) is 1. The molecule has 0 saturated carbocycles. The number of aryl methyl sites for hydroxylation is 1. The molecular formula is C27H29N3OS3. The summed E-state index contributed by atoms with van der Waals surface area (Å²) in [6, 6.07) is 16.9. The highest BCUT2D eigenvalue weighted by molar-refractivity contribution is 7.99. The molecule has 0 atom stereocenters. The third-order valence-corrected chi connectivity index (χ3v) is 9.47. The van der Waals surface area contributed by atoms with E-state index < -0.39 is 0 Å². The number of carbonyl (C=O) groups excluding carboxylic acids is 1. The van der Waals surface area contributed by atoms with E-state index in [-0.39, 0.29) is 5.91 Å². The van der Waals surface area contributed by atoms with Gasteiger partial charge >= 0.3 is 0 Å². The summed E-state index contributed by atoms with van der Waals surface area (Å²) in [7, 11) is 0. The molecule has 1 amide bonds. The van der Waals surface area contributed by atoms with Gasteiger partial charge in [0.1, 0.15) is 10.0 Å². The minimum atomic E-state index is 0.0952. The van der Waals surface area contributed by atoms with Crippen molar-refractivity contribution in [1.29, 1.82) is 0 Å². The van der Waals surface area contributed by atoms with Crippen molar-refractivity contribution in [2.45, 2.75) is 44.6 Å². The summed E-state index contributed by atoms with van der Waals surface area (Å²) in [6.45, 7) is 7.38. The molecule has 5 rings (SSSR count). The molecule has 2 aromatic carbocycles. The van der Waals surface area contributed by atoms with Gasteiger partial charge in [-0.1, -0.05) is 36.8 Å². The van der Waals surface area contributed by atoms with E-state index in [0.29, 0.717) is 6.42 Å². The number of benzene rings is 2. The Bertz CT molecular complexity index is 1260. The van der Waals surface area contributed by atoms with E-state index >= 15 is 0 Å². The molecule has 34 heavy (non-hydrogen) atoms. The molecule has 0 fully saturated rings. The Morgan fingerprint density at radius 3 is 2.76 bits per heavy atom. The molecule has 0 bridgehead atoms. The summed E-state index contributed by atoms with van der Waals surface area (Å²) in [4.78, 5) is 23.0. The second kappa shape index (κ2) is 10.6. The number of fused-ring (bicyclic) bond motifs is 2. The molecule has 0 radical (unpaired) electrons. The van der Waals surface area contributed by atoms with Crippen LogP contribution in [0.25, 0.3) is 20.8 Å². The second-order valence-electron chi connectivity index (χ2n) is 8.63. The van der Waals surface area contributed by atoms with Crippen LogP contribution >= 0.6 is 34.4 Å². The summed E-state index contributed by atoms with van der Waals surface area (Å²) in [6.07, 6.45) is 2.39. The van der Waals surface area contributed by atoms with Crippen LogP contribution in [0.3, 0.4) is 0 Å². The summed E-state index contributed by atoms with van der Waals surface area (Å²) in [5.41, 5.74) is 4.82. The SMILES string of the molecule is CCN1CCc2c(sc(NC(=O)CCCSc3ccc(C)cc3)c2-c2nc3ccccc3s2)C1. The fourth-order valence-electron chi connectivity index (χ4n) is 4.27. The van der Waals surface area contributed by atoms with Crippen molar-refractivity contribution in [2.75, 3.05) is 24.2 Å². The van der Waals surface area contributed by atoms with Gasteiger partial charge in [0, 0.05) is 34.8 Å². The summed E-state index contributed by atoms with van der Waals surface area (Å²) >= 11 is 5.28. The maximum Gasteiger partial charge on any atom is 0.225 e. The van der Waals surface area contributed by atoms with Gasteiger partial charge in [-0.05, 0) is 61.9 Å². The maximum absolute atomic E-state index is 12.9. The molecule has 2 aromatic heterocycles. The number of aromatic nitrogens is 1. The van der Waals surface area contributed by atoms with Gasteiger partial charge in [0.25, 0.3) is 0 Å². The molecule has 3 heterocycles. The van der Waals surface area contributed by atoms with E-state index in [2.05, 4.69) is 66.5 Å². The van der Waals surface area contributed by atoms with Gasteiger partial charge in [0.2, 0.25) is 5.91 Å². The van der Waals surface area contributed by atoms with Crippen LogP contribution in [-0.2, 0) is 17.8 Å². The summed E-state index contributed by atoms with van der Waals surface area (Å²) < 4.78 is 1.19. The van der Waals surface area contributed by atoms with Gasteiger partial charge in [-0.25, -0.2) is 4.98 Å². The van der Waals surface area contributed by atoms with Crippen LogP contribution in [0.5, 0.6) is 0 Å². The van der Waals surface area contributed by atoms with Gasteiger partial charge in [-0.3, -0.25) is 9.69 Å². The highest BCUT2D eigenvalue weighted by Gasteiger charge is 2.27. The average molecular weight is 508 g/mol. The van der Waals surface area contributed by atoms with Gasteiger partial charge < -0.3 is 5.32 Å². The molecule has 0 saturated heterocycles. The monoisotopic (exact) mass is 507 g/mol. The van der Waals surface area contributed by atoms with Crippen molar-refractivity contribution in [3.05, 3.63) is 64.5 Å². The van der Waals surface area contributed by atoms with E-state index in [1.54, 1.807) is 22.7 Å². The third kappa shape index (κ3) is 5.23. The molecule has 0 aliphatic carbocycles. The second-order valence-corrected chi connectivity index (χ2v) is 11.9. The lowest BCUT2D eigenvalue weighted by molar-refractivity contribution is -0.116. The Kier molecular flexibility index (Phi) is 7.34. The average Bonchev–Trinajstić information content (AvgIpc) is 3.42. The number of carbonyl (C=O) groups is 1. The molecule has 4 aromatic rings. The topological polar surface area (TPSA) is 45.2 Å². The number of rotatable bonds is 8. The number of nitrogens with one attached hydrogen (secondary N) is 1. The molecule has 0 spiro atoms. The number of amides is 1. The van der Waals surface area contributed by atoms with Crippen molar-refractivity contribution < 1.29 is 4.79 Å². The smallest absolute Gasteiger partial charge is 0.225 e. The predicted molar refractivity (Wildman–Crippen MR) is 147 cm³/mol. The first kappa shape index (κ1) is 23.5. The minimum absolute atomic E-state index is 0.0952. The highest BCUT2D eigenvalue weighted by Crippen LogP contribution is 2.45. The number of thiophene rings is 1. The third-order valence-electron chi connectivity index (χ3n) is 6.18. The number of hydrogen-bond acceptors (Lipinski definition) is 6. The predicted octanol–water partition coefficient (Wildman–Crippen LogP) is 7.22. The molecular weight excluding hydrogens is 479 g/mol. The van der Waals surface area contributed by atoms with Gasteiger partial charge in [-0.15, -0.1) is 34.4 Å². The van der Waals surface area contributed by atoms with Crippen LogP contribution in [0.1, 0.15) is 35.8 Å². The van der Waals surface area contributed by atoms with Crippen molar-refractivity contribution in [3.8, 4) is 10.6 Å². The first-order chi connectivity index (χ1) is 16.6. The van der Waals surface area contributed by atoms with E-state index in [4.69, 9.17) is 4.98 Å². The standard InChI is InChI=1S/C27H29N3OS3/c1-3-30-15-14-20-23(17-30)34-27(25(20)26-28-21-7-4-5-8-22(21)33-26)29-24(31)9-6-16-32-19-12-10-18(2)11-13-19/h4-5,7-8,10-13H,3,6,9,14-17H2,1-2H3,(H,29,31). The van der Waals surface area contributed by atoms with Crippen molar-refractivity contribution in [3.63, 3.8) is 0 Å². The normalized spacial score (nSPS) is 13.8. The van der Waals surface area contributed by atoms with Gasteiger partial charge in [-0.2, -0.15) is 0 Å². The van der Waals surface area contributed by atoms with Crippen molar-refractivity contribution in [1.82, 2.24) is 9.88 Å². The summed E-state index contributed by atoms with van der Waals surface area (Å²) in [5.74, 6) is 1.03. The van der Waals surface area contributed by atoms with Crippen LogP contribution in [0, 0.1) is 6.92 Å². The number of likely N-dealkylation sites (N-methyl/N-ethyl adjacent to an activating group) is 1. The van der Waals surface area contributed by atoms with Crippen LogP contribution in [0.4, 0.5) is 5.00 Å². The lowest BCUT2D eigenvalue weighted by Crippen LogP contribution is -2.29. The molecule has 4 nitrogen and oxygen atoms in total. The molecule has 0 unspecified atom stereocenters. The van der Waals surface area contributed by atoms with E-state index in [1.807, 2.05) is 17.8 Å². The van der Waals surface area contributed by atoms with Crippen LogP contribution in [-0.4, -0.2) is 34.6 Å². The highest BCUT2D eigenvalue weighted by atomic mass is 32.2. The number of nitrogens with zero attached hydrogens (tertiary/aromatic N) is 2. The Morgan fingerprint density at radius 1 is 1.15 bits per heavy atom. The van der Waals surface area contributed by atoms with Crippen molar-refractivity contribution in [2.24, 2.45) is 0 Å². The number of anilines is 1. The first-order valence-electron chi connectivity index (χ1n) is 11.8. The minimum Gasteiger partial charge on any atom is -0.317 e. The lowest BCUT2D eigenvalue weighted by Gasteiger charge is -2.25. The zero-order valence-corrected chi connectivity index (χ0v) is 22.0. The van der Waals surface area contributed by atoms with E-state index in [1.165, 1.54) is 25.6 Å². The zero-order chi connectivity index (χ0) is 23.5. The molecule has 176 valence electrons. The fourth-order valence-corrected chi connectivity index (χ4v) is 7.54. The number of thioether (sulfide) groups is 1. The van der Waals surface area contributed by atoms with Crippen molar-refractivity contribution >= 4 is 55.6 Å². The van der Waals surface area contributed by atoms with Crippen LogP contribution < -0.4 is 5.32 Å². The largest absolute Gasteiger partial charge is 0.317 e. The Hall–Kier alpha value is -2.19. The van der Waals surface area contributed by atoms with Crippen LogP contribution in [0.15, 0.2) is 53.4 Å². The molecule has 1 aliphatic rings. The lowest BCUT2D eigenvalue weighted by atomic mass is 10.0. The molecule has 1 N–H and O–H groups in total. The van der Waals surface area contributed by atoms with Crippen LogP contribution in [0.2, 0.25) is 0 Å². The van der Waals surface area contributed by atoms with Gasteiger partial charge in [0.15, 0.2) is 0 Å². The first-order valence-corrected chi connectivity index (χ1v) is 14.4.